The van der Waals surface area contributed by atoms with Crippen LogP contribution in [0.5, 0.6) is 0 Å². The minimum Gasteiger partial charge on any atom is -0.462 e. The van der Waals surface area contributed by atoms with Crippen LogP contribution in [0.25, 0.3) is 0 Å². The number of rotatable bonds is 4. The maximum atomic E-state index is 14.1. The summed E-state index contributed by atoms with van der Waals surface area (Å²) in [5, 5.41) is 0. The zero-order chi connectivity index (χ0) is 29.9. The number of epoxide rings is 1. The summed E-state index contributed by atoms with van der Waals surface area (Å²) in [4.78, 5) is 51.5. The monoisotopic (exact) mass is 574 g/mol. The average Bonchev–Trinajstić information content (AvgIpc) is 3.34. The van der Waals surface area contributed by atoms with Crippen molar-refractivity contribution in [1.82, 2.24) is 0 Å². The molecule has 12 atom stereocenters. The SMILES string of the molecule is CC(=O)O[C@H]1C[C@@H](OC(C)=O)C(C)(C)C2C[C@@H](OC(C)=O)[C@]3(C)C(CC[C@@]4(C)[C@H](C5CCOC5)C(=O)[C@H]5O[C@]543)[C@]21C. The van der Waals surface area contributed by atoms with Gasteiger partial charge in [-0.1, -0.05) is 34.6 Å². The molecule has 0 N–H and O–H groups in total. The standard InChI is InChI=1S/C32H46O9/c1-16(33)38-22-14-23(39-17(2)34)30(7)20-9-11-29(6)25(19-10-12-37-15-19)26(36)27-32(29,41-27)31(20,8)24(40-18(3)35)13-21(30)28(22,4)5/h19-25,27H,9-15H2,1-8H3/t19?,20?,21?,22-,23+,24-,25-,27-,29+,30-,31+,32-/m1/s1. The number of esters is 3. The largest absolute Gasteiger partial charge is 0.462 e. The lowest BCUT2D eigenvalue weighted by Crippen LogP contribution is -2.74. The number of carbonyl (C=O) groups excluding carboxylic acids is 4. The second kappa shape index (κ2) is 9.01. The number of Topliss-reactive ketones (excluding diaryl/α,β-unsaturated/α-hetero) is 1. The summed E-state index contributed by atoms with van der Waals surface area (Å²) in [6, 6.07) is 0. The van der Waals surface area contributed by atoms with Crippen molar-refractivity contribution >= 4 is 23.7 Å². The van der Waals surface area contributed by atoms with Crippen LogP contribution in [0.3, 0.4) is 0 Å². The van der Waals surface area contributed by atoms with Gasteiger partial charge in [-0.25, -0.2) is 0 Å². The van der Waals surface area contributed by atoms with Crippen LogP contribution in [0.2, 0.25) is 0 Å². The molecule has 0 aromatic carbocycles. The fourth-order valence-electron chi connectivity index (χ4n) is 11.5. The van der Waals surface area contributed by atoms with Gasteiger partial charge >= 0.3 is 17.9 Å². The summed E-state index contributed by atoms with van der Waals surface area (Å²) in [5.74, 6) is -1.15. The predicted octanol–water partition coefficient (Wildman–Crippen LogP) is 4.03. The molecule has 41 heavy (non-hydrogen) atoms. The van der Waals surface area contributed by atoms with E-state index in [1.54, 1.807) is 0 Å². The van der Waals surface area contributed by atoms with Crippen LogP contribution in [0.4, 0.5) is 0 Å². The van der Waals surface area contributed by atoms with Crippen molar-refractivity contribution in [1.29, 1.82) is 0 Å². The lowest BCUT2D eigenvalue weighted by atomic mass is 9.35. The molecule has 2 saturated heterocycles. The van der Waals surface area contributed by atoms with Crippen LogP contribution >= 0.6 is 0 Å². The third-order valence-corrected chi connectivity index (χ3v) is 13.0. The molecule has 0 bridgehead atoms. The average molecular weight is 575 g/mol. The highest BCUT2D eigenvalue weighted by Gasteiger charge is 2.90. The molecule has 9 heteroatoms. The Labute approximate surface area is 242 Å². The van der Waals surface area contributed by atoms with Gasteiger partial charge in [-0.2, -0.15) is 0 Å². The molecule has 228 valence electrons. The molecule has 0 aromatic rings. The summed E-state index contributed by atoms with van der Waals surface area (Å²) in [6.07, 6.45) is 1.26. The van der Waals surface area contributed by atoms with Gasteiger partial charge in [0.1, 0.15) is 30.0 Å². The van der Waals surface area contributed by atoms with Gasteiger partial charge in [0, 0.05) is 61.4 Å². The van der Waals surface area contributed by atoms with E-state index >= 15 is 0 Å². The smallest absolute Gasteiger partial charge is 0.302 e. The van der Waals surface area contributed by atoms with Crippen LogP contribution in [0.15, 0.2) is 0 Å². The van der Waals surface area contributed by atoms with Gasteiger partial charge in [-0.15, -0.1) is 0 Å². The fraction of sp³-hybridized carbons (Fsp3) is 0.875. The molecule has 4 aliphatic carbocycles. The fourth-order valence-corrected chi connectivity index (χ4v) is 11.5. The van der Waals surface area contributed by atoms with Crippen molar-refractivity contribution in [2.75, 3.05) is 13.2 Å². The molecule has 3 unspecified atom stereocenters. The summed E-state index contributed by atoms with van der Waals surface area (Å²) in [7, 11) is 0. The van der Waals surface area contributed by atoms with E-state index in [4.69, 9.17) is 23.7 Å². The van der Waals surface area contributed by atoms with E-state index in [9.17, 15) is 19.2 Å². The highest BCUT2D eigenvalue weighted by Crippen LogP contribution is 2.81. The molecule has 0 aromatic heterocycles. The van der Waals surface area contributed by atoms with Gasteiger partial charge < -0.3 is 23.7 Å². The third kappa shape index (κ3) is 3.54. The van der Waals surface area contributed by atoms with E-state index in [1.165, 1.54) is 20.8 Å². The highest BCUT2D eigenvalue weighted by molar-refractivity contribution is 5.95. The molecule has 2 heterocycles. The van der Waals surface area contributed by atoms with Crippen molar-refractivity contribution in [3.05, 3.63) is 0 Å². The van der Waals surface area contributed by atoms with Crippen LogP contribution in [0.1, 0.15) is 87.5 Å². The van der Waals surface area contributed by atoms with Crippen molar-refractivity contribution < 1.29 is 42.9 Å². The topological polar surface area (TPSA) is 118 Å². The molecule has 6 fully saturated rings. The predicted molar refractivity (Wildman–Crippen MR) is 145 cm³/mol. The molecule has 9 nitrogen and oxygen atoms in total. The van der Waals surface area contributed by atoms with Crippen LogP contribution in [-0.4, -0.2) is 66.9 Å². The van der Waals surface area contributed by atoms with Gasteiger partial charge in [0.25, 0.3) is 0 Å². The van der Waals surface area contributed by atoms with Gasteiger partial charge in [0.05, 0.1) is 6.61 Å². The number of ketones is 1. The van der Waals surface area contributed by atoms with E-state index in [0.29, 0.717) is 26.1 Å². The van der Waals surface area contributed by atoms with Gasteiger partial charge in [0.2, 0.25) is 0 Å². The molecular formula is C32H46O9. The molecular weight excluding hydrogens is 528 g/mol. The van der Waals surface area contributed by atoms with Crippen LogP contribution in [0, 0.1) is 45.3 Å². The number of hydrogen-bond donors (Lipinski definition) is 0. The van der Waals surface area contributed by atoms with E-state index in [1.807, 2.05) is 0 Å². The molecule has 6 rings (SSSR count). The Hall–Kier alpha value is -2.00. The van der Waals surface area contributed by atoms with E-state index in [2.05, 4.69) is 34.6 Å². The zero-order valence-electron chi connectivity index (χ0n) is 25.7. The Morgan fingerprint density at radius 2 is 1.41 bits per heavy atom. The first-order chi connectivity index (χ1) is 19.1. The molecule has 2 aliphatic heterocycles. The molecule has 0 amide bonds. The number of hydrogen-bond acceptors (Lipinski definition) is 9. The quantitative estimate of drug-likeness (QED) is 0.279. The van der Waals surface area contributed by atoms with Crippen LogP contribution < -0.4 is 0 Å². The van der Waals surface area contributed by atoms with Gasteiger partial charge in [-0.3, -0.25) is 19.2 Å². The molecule has 0 radical (unpaired) electrons. The Kier molecular flexibility index (Phi) is 6.39. The lowest BCUT2D eigenvalue weighted by molar-refractivity contribution is -0.291. The molecule has 6 aliphatic rings. The summed E-state index contributed by atoms with van der Waals surface area (Å²) in [5.41, 5.74) is -2.94. The van der Waals surface area contributed by atoms with E-state index in [0.717, 1.165) is 19.3 Å². The van der Waals surface area contributed by atoms with Crippen molar-refractivity contribution in [2.24, 2.45) is 45.3 Å². The Morgan fingerprint density at radius 3 is 2.00 bits per heavy atom. The second-order valence-corrected chi connectivity index (χ2v) is 15.0. The van der Waals surface area contributed by atoms with E-state index < -0.39 is 51.7 Å². The normalized spacial score (nSPS) is 51.0. The number of fused-ring (bicyclic) bond motifs is 3. The highest BCUT2D eigenvalue weighted by atomic mass is 16.6. The Morgan fingerprint density at radius 1 is 0.805 bits per heavy atom. The maximum Gasteiger partial charge on any atom is 0.302 e. The summed E-state index contributed by atoms with van der Waals surface area (Å²) >= 11 is 0. The number of carbonyl (C=O) groups is 4. The summed E-state index contributed by atoms with van der Waals surface area (Å²) < 4.78 is 30.6. The number of ether oxygens (including phenoxy) is 5. The lowest BCUT2D eigenvalue weighted by Gasteiger charge is -2.70. The maximum absolute atomic E-state index is 14.1. The van der Waals surface area contributed by atoms with Crippen molar-refractivity contribution in [3.63, 3.8) is 0 Å². The Balaban J connectivity index is 1.51. The molecule has 1 spiro atoms. The van der Waals surface area contributed by atoms with Gasteiger partial charge in [-0.05, 0) is 43.4 Å². The third-order valence-electron chi connectivity index (χ3n) is 13.0. The van der Waals surface area contributed by atoms with Crippen molar-refractivity contribution in [2.45, 2.75) is 118 Å². The minimum atomic E-state index is -0.779. The molecule has 4 saturated carbocycles. The first kappa shape index (κ1) is 29.1. The zero-order valence-corrected chi connectivity index (χ0v) is 25.7. The van der Waals surface area contributed by atoms with Crippen molar-refractivity contribution in [3.8, 4) is 0 Å². The van der Waals surface area contributed by atoms with Gasteiger partial charge in [0.15, 0.2) is 5.78 Å². The van der Waals surface area contributed by atoms with Crippen LogP contribution in [-0.2, 0) is 42.9 Å². The first-order valence-corrected chi connectivity index (χ1v) is 15.4. The minimum absolute atomic E-state index is 0.0792. The summed E-state index contributed by atoms with van der Waals surface area (Å²) in [6.45, 7) is 16.3. The Bertz CT molecular complexity index is 1170. The second-order valence-electron chi connectivity index (χ2n) is 15.0. The first-order valence-electron chi connectivity index (χ1n) is 15.4. The van der Waals surface area contributed by atoms with E-state index in [-0.39, 0.29) is 47.4 Å².